The maximum Gasteiger partial charge on any atom is 0.172 e. The second kappa shape index (κ2) is 6.77. The van der Waals surface area contributed by atoms with Crippen molar-refractivity contribution in [2.75, 3.05) is 12.4 Å². The van der Waals surface area contributed by atoms with E-state index < -0.39 is 6.10 Å². The van der Waals surface area contributed by atoms with Gasteiger partial charge in [0, 0.05) is 16.8 Å². The number of nitrogens with one attached hydrogen (secondary N) is 1. The van der Waals surface area contributed by atoms with Crippen LogP contribution >= 0.6 is 0 Å². The molecule has 1 atom stereocenters. The van der Waals surface area contributed by atoms with Gasteiger partial charge in [0.1, 0.15) is 11.6 Å². The zero-order valence-electron chi connectivity index (χ0n) is 17.9. The average molecular weight is 417 g/mol. The Balaban J connectivity index is 1.84. The van der Waals surface area contributed by atoms with Crippen LogP contribution in [-0.4, -0.2) is 17.8 Å². The maximum absolute atomic E-state index is 13.6. The van der Waals surface area contributed by atoms with Crippen LogP contribution in [0.5, 0.6) is 17.2 Å². The number of anilines is 1. The molecule has 0 amide bonds. The lowest BCUT2D eigenvalue weighted by atomic mass is 9.80. The van der Waals surface area contributed by atoms with Crippen LogP contribution in [0.4, 0.5) is 10.1 Å². The summed E-state index contributed by atoms with van der Waals surface area (Å²) in [5.41, 5.74) is 6.49. The predicted octanol–water partition coefficient (Wildman–Crippen LogP) is 6.30. The molecule has 3 aromatic carbocycles. The van der Waals surface area contributed by atoms with E-state index in [0.29, 0.717) is 11.5 Å². The first-order chi connectivity index (χ1) is 14.8. The molecule has 0 fully saturated rings. The highest BCUT2D eigenvalue weighted by Gasteiger charge is 2.36. The van der Waals surface area contributed by atoms with Crippen LogP contribution in [0.25, 0.3) is 16.7 Å². The summed E-state index contributed by atoms with van der Waals surface area (Å²) < 4.78 is 25.7. The number of methoxy groups -OCH3 is 1. The average Bonchev–Trinajstić information content (AvgIpc) is 2.72. The number of phenolic OH excluding ortho intramolecular Hbond substituents is 1. The van der Waals surface area contributed by atoms with Crippen molar-refractivity contribution in [3.63, 3.8) is 0 Å². The Morgan fingerprint density at radius 3 is 2.48 bits per heavy atom. The molecular formula is C26H24FNO3. The molecule has 4 nitrogen and oxygen atoms in total. The number of hydrogen-bond acceptors (Lipinski definition) is 4. The van der Waals surface area contributed by atoms with Crippen molar-refractivity contribution in [2.45, 2.75) is 32.4 Å². The SMILES string of the molecule is COc1c(O)ccc2c1-c1ccc3c(c1C(c1ccc(F)cc1)O2)C(C)=CC(C)(C)N3. The predicted molar refractivity (Wildman–Crippen MR) is 120 cm³/mol. The molecule has 0 saturated carbocycles. The number of hydrogen-bond donors (Lipinski definition) is 2. The van der Waals surface area contributed by atoms with Crippen molar-refractivity contribution in [3.05, 3.63) is 77.1 Å². The van der Waals surface area contributed by atoms with Gasteiger partial charge in [-0.1, -0.05) is 24.3 Å². The molecular weight excluding hydrogens is 393 g/mol. The number of allylic oxidation sites excluding steroid dienone is 1. The molecule has 158 valence electrons. The molecule has 0 saturated heterocycles. The number of aromatic hydroxyl groups is 1. The Morgan fingerprint density at radius 2 is 1.77 bits per heavy atom. The maximum atomic E-state index is 13.6. The molecule has 2 aliphatic rings. The highest BCUT2D eigenvalue weighted by Crippen LogP contribution is 2.55. The van der Waals surface area contributed by atoms with E-state index in [4.69, 9.17) is 9.47 Å². The summed E-state index contributed by atoms with van der Waals surface area (Å²) in [4.78, 5) is 0. The lowest BCUT2D eigenvalue weighted by molar-refractivity contribution is 0.241. The molecule has 0 bridgehead atoms. The highest BCUT2D eigenvalue weighted by atomic mass is 19.1. The number of phenols is 1. The Hall–Kier alpha value is -3.47. The van der Waals surface area contributed by atoms with E-state index in [9.17, 15) is 9.50 Å². The molecule has 2 N–H and O–H groups in total. The Bertz CT molecular complexity index is 1230. The van der Waals surface area contributed by atoms with Crippen molar-refractivity contribution < 1.29 is 19.0 Å². The van der Waals surface area contributed by atoms with Crippen molar-refractivity contribution >= 4 is 11.3 Å². The van der Waals surface area contributed by atoms with Crippen molar-refractivity contribution in [1.82, 2.24) is 0 Å². The zero-order valence-corrected chi connectivity index (χ0v) is 17.9. The van der Waals surface area contributed by atoms with Gasteiger partial charge >= 0.3 is 0 Å². The molecule has 5 rings (SSSR count). The molecule has 0 aliphatic carbocycles. The standard InChI is InChI=1S/C26H24FNO3/c1-14-13-26(2,3)28-18-10-9-17-22-20(12-11-19(29)25(22)30-4)31-24(23(17)21(14)18)15-5-7-16(27)8-6-15/h5-13,24,28-29H,1-4H3. The molecule has 0 spiro atoms. The van der Waals surface area contributed by atoms with E-state index in [2.05, 4.69) is 38.2 Å². The minimum Gasteiger partial charge on any atom is -0.504 e. The van der Waals surface area contributed by atoms with Crippen LogP contribution in [0, 0.1) is 5.82 Å². The van der Waals surface area contributed by atoms with Crippen LogP contribution in [0.3, 0.4) is 0 Å². The number of halogens is 1. The van der Waals surface area contributed by atoms with Gasteiger partial charge < -0.3 is 19.9 Å². The van der Waals surface area contributed by atoms with Gasteiger partial charge in [-0.2, -0.15) is 0 Å². The summed E-state index contributed by atoms with van der Waals surface area (Å²) in [5.74, 6) is 0.755. The van der Waals surface area contributed by atoms with Crippen molar-refractivity contribution in [1.29, 1.82) is 0 Å². The van der Waals surface area contributed by atoms with Crippen LogP contribution in [-0.2, 0) is 0 Å². The minimum absolute atomic E-state index is 0.0558. The third-order valence-corrected chi connectivity index (χ3v) is 5.93. The fourth-order valence-corrected chi connectivity index (χ4v) is 4.81. The Labute approximate surface area is 181 Å². The second-order valence-electron chi connectivity index (χ2n) is 8.66. The molecule has 31 heavy (non-hydrogen) atoms. The summed E-state index contributed by atoms with van der Waals surface area (Å²) in [6, 6.07) is 13.8. The van der Waals surface area contributed by atoms with E-state index in [1.807, 2.05) is 6.07 Å². The topological polar surface area (TPSA) is 50.7 Å². The molecule has 2 heterocycles. The summed E-state index contributed by atoms with van der Waals surface area (Å²) in [6.45, 7) is 6.35. The molecule has 2 aliphatic heterocycles. The molecule has 0 radical (unpaired) electrons. The number of ether oxygens (including phenoxy) is 2. The van der Waals surface area contributed by atoms with Gasteiger partial charge in [-0.05, 0) is 67.8 Å². The number of fused-ring (bicyclic) bond motifs is 5. The summed E-state index contributed by atoms with van der Waals surface area (Å²) >= 11 is 0. The quantitative estimate of drug-likeness (QED) is 0.514. The lowest BCUT2D eigenvalue weighted by Crippen LogP contribution is -2.32. The zero-order chi connectivity index (χ0) is 21.9. The largest absolute Gasteiger partial charge is 0.504 e. The van der Waals surface area contributed by atoms with E-state index in [0.717, 1.165) is 39.1 Å². The first kappa shape index (κ1) is 19.5. The number of rotatable bonds is 2. The summed E-state index contributed by atoms with van der Waals surface area (Å²) in [7, 11) is 1.54. The molecule has 3 aromatic rings. The molecule has 5 heteroatoms. The Morgan fingerprint density at radius 1 is 1.03 bits per heavy atom. The van der Waals surface area contributed by atoms with Gasteiger partial charge in [-0.3, -0.25) is 0 Å². The fraction of sp³-hybridized carbons (Fsp3) is 0.231. The normalized spacial score (nSPS) is 18.0. The van der Waals surface area contributed by atoms with Gasteiger partial charge in [0.15, 0.2) is 17.6 Å². The van der Waals surface area contributed by atoms with Crippen LogP contribution in [0.2, 0.25) is 0 Å². The first-order valence-corrected chi connectivity index (χ1v) is 10.3. The molecule has 0 aromatic heterocycles. The van der Waals surface area contributed by atoms with Gasteiger partial charge in [0.05, 0.1) is 18.2 Å². The van der Waals surface area contributed by atoms with E-state index in [-0.39, 0.29) is 17.1 Å². The molecule has 1 unspecified atom stereocenters. The second-order valence-corrected chi connectivity index (χ2v) is 8.66. The van der Waals surface area contributed by atoms with E-state index in [1.165, 1.54) is 19.2 Å². The van der Waals surface area contributed by atoms with Crippen molar-refractivity contribution in [3.8, 4) is 28.4 Å². The van der Waals surface area contributed by atoms with Crippen LogP contribution in [0.1, 0.15) is 43.6 Å². The third-order valence-electron chi connectivity index (χ3n) is 5.93. The smallest absolute Gasteiger partial charge is 0.172 e. The van der Waals surface area contributed by atoms with Gasteiger partial charge in [0.2, 0.25) is 0 Å². The van der Waals surface area contributed by atoms with Crippen LogP contribution < -0.4 is 14.8 Å². The van der Waals surface area contributed by atoms with Gasteiger partial charge in [-0.15, -0.1) is 0 Å². The van der Waals surface area contributed by atoms with Gasteiger partial charge in [0.25, 0.3) is 0 Å². The number of benzene rings is 3. The van der Waals surface area contributed by atoms with E-state index >= 15 is 0 Å². The van der Waals surface area contributed by atoms with Gasteiger partial charge in [-0.25, -0.2) is 4.39 Å². The fourth-order valence-electron chi connectivity index (χ4n) is 4.81. The highest BCUT2D eigenvalue weighted by molar-refractivity contribution is 5.92. The minimum atomic E-state index is -0.432. The summed E-state index contributed by atoms with van der Waals surface area (Å²) in [6.07, 6.45) is 1.77. The monoisotopic (exact) mass is 417 g/mol. The van der Waals surface area contributed by atoms with E-state index in [1.54, 1.807) is 24.3 Å². The third kappa shape index (κ3) is 3.03. The summed E-state index contributed by atoms with van der Waals surface area (Å²) in [5, 5.41) is 14.0. The Kier molecular flexibility index (Phi) is 4.26. The van der Waals surface area contributed by atoms with Crippen molar-refractivity contribution in [2.24, 2.45) is 0 Å². The van der Waals surface area contributed by atoms with Crippen LogP contribution in [0.15, 0.2) is 54.6 Å². The lowest BCUT2D eigenvalue weighted by Gasteiger charge is -2.37. The first-order valence-electron chi connectivity index (χ1n) is 10.3.